The molecule has 160 valence electrons. The van der Waals surface area contributed by atoms with Crippen molar-refractivity contribution in [3.63, 3.8) is 0 Å². The molecular formula is C21H36N2O5. The van der Waals surface area contributed by atoms with Crippen molar-refractivity contribution in [3.05, 3.63) is 0 Å². The summed E-state index contributed by atoms with van der Waals surface area (Å²) in [6.07, 6.45) is 3.45. The van der Waals surface area contributed by atoms with Crippen molar-refractivity contribution in [1.82, 2.24) is 10.6 Å². The van der Waals surface area contributed by atoms with Gasteiger partial charge < -0.3 is 20.1 Å². The molecule has 0 aromatic heterocycles. The van der Waals surface area contributed by atoms with E-state index < -0.39 is 28.9 Å². The molecule has 2 saturated heterocycles. The van der Waals surface area contributed by atoms with Gasteiger partial charge in [-0.1, -0.05) is 0 Å². The summed E-state index contributed by atoms with van der Waals surface area (Å²) in [6, 6.07) is 0. The molecule has 2 aliphatic heterocycles. The van der Waals surface area contributed by atoms with Gasteiger partial charge in [-0.15, -0.1) is 0 Å². The number of piperidine rings is 2. The van der Waals surface area contributed by atoms with E-state index >= 15 is 0 Å². The molecule has 2 rings (SSSR count). The van der Waals surface area contributed by atoms with E-state index in [4.69, 9.17) is 9.47 Å². The average Bonchev–Trinajstić information content (AvgIpc) is 2.67. The number of Topliss-reactive ketones (excluding diaryl/α,β-unsaturated/α-hetero) is 1. The summed E-state index contributed by atoms with van der Waals surface area (Å²) in [7, 11) is 0. The maximum atomic E-state index is 12.2. The fourth-order valence-corrected chi connectivity index (χ4v) is 4.16. The largest absolute Gasteiger partial charge is 0.459 e. The number of hydrogen-bond donors (Lipinski definition) is 2. The minimum atomic E-state index is -0.853. The van der Waals surface area contributed by atoms with Gasteiger partial charge in [0.2, 0.25) is 5.78 Å². The first-order valence-corrected chi connectivity index (χ1v) is 10.5. The molecule has 0 atom stereocenters. The van der Waals surface area contributed by atoms with E-state index in [1.165, 1.54) is 0 Å². The zero-order chi connectivity index (χ0) is 20.8. The van der Waals surface area contributed by atoms with Crippen molar-refractivity contribution in [2.24, 2.45) is 11.8 Å². The standard InChI is InChI=1S/C21H36N2O5/c1-20(2,15-7-11-22-12-8-15)27-18(25)6-5-17(24)19(26)28-21(3,4)16-9-13-23-14-10-16/h15-16,22-23H,5-14H2,1-4H3. The normalized spacial score (nSPS) is 19.9. The summed E-state index contributed by atoms with van der Waals surface area (Å²) >= 11 is 0. The Morgan fingerprint density at radius 1 is 0.750 bits per heavy atom. The quantitative estimate of drug-likeness (QED) is 0.479. The Morgan fingerprint density at radius 2 is 1.18 bits per heavy atom. The van der Waals surface area contributed by atoms with E-state index in [9.17, 15) is 14.4 Å². The summed E-state index contributed by atoms with van der Waals surface area (Å²) in [5.41, 5.74) is -1.26. The van der Waals surface area contributed by atoms with Gasteiger partial charge in [0.1, 0.15) is 11.2 Å². The number of ketones is 1. The first kappa shape index (κ1) is 22.8. The second-order valence-corrected chi connectivity index (χ2v) is 9.04. The number of hydrogen-bond acceptors (Lipinski definition) is 7. The number of carbonyl (C=O) groups is 3. The van der Waals surface area contributed by atoms with Gasteiger partial charge >= 0.3 is 11.9 Å². The molecule has 0 spiro atoms. The Kier molecular flexibility index (Phi) is 8.01. The fraction of sp³-hybridized carbons (Fsp3) is 0.857. The van der Waals surface area contributed by atoms with Gasteiger partial charge in [0.05, 0.1) is 6.42 Å². The van der Waals surface area contributed by atoms with Crippen LogP contribution in [0.2, 0.25) is 0 Å². The molecule has 2 aliphatic rings. The molecule has 7 nitrogen and oxygen atoms in total. The van der Waals surface area contributed by atoms with Gasteiger partial charge in [-0.25, -0.2) is 4.79 Å². The van der Waals surface area contributed by atoms with Crippen LogP contribution in [0.1, 0.15) is 66.2 Å². The first-order chi connectivity index (χ1) is 13.1. The van der Waals surface area contributed by atoms with Crippen molar-refractivity contribution in [2.75, 3.05) is 26.2 Å². The van der Waals surface area contributed by atoms with Crippen LogP contribution in [0.4, 0.5) is 0 Å². The molecule has 0 bridgehead atoms. The van der Waals surface area contributed by atoms with Gasteiger partial charge in [-0.3, -0.25) is 9.59 Å². The van der Waals surface area contributed by atoms with Gasteiger partial charge in [-0.05, 0) is 79.6 Å². The van der Waals surface area contributed by atoms with Gasteiger partial charge in [0, 0.05) is 18.3 Å². The highest BCUT2D eigenvalue weighted by atomic mass is 16.6. The highest BCUT2D eigenvalue weighted by Gasteiger charge is 2.37. The highest BCUT2D eigenvalue weighted by molar-refractivity contribution is 6.33. The molecular weight excluding hydrogens is 360 g/mol. The number of carbonyl (C=O) groups excluding carboxylic acids is 3. The first-order valence-electron chi connectivity index (χ1n) is 10.5. The maximum Gasteiger partial charge on any atom is 0.375 e. The summed E-state index contributed by atoms with van der Waals surface area (Å²) in [6.45, 7) is 11.1. The van der Waals surface area contributed by atoms with Crippen LogP contribution < -0.4 is 10.6 Å². The van der Waals surface area contributed by atoms with Crippen LogP contribution in [0.15, 0.2) is 0 Å². The van der Waals surface area contributed by atoms with Crippen LogP contribution in [-0.4, -0.2) is 55.1 Å². The van der Waals surface area contributed by atoms with E-state index in [-0.39, 0.29) is 18.8 Å². The highest BCUT2D eigenvalue weighted by Crippen LogP contribution is 2.30. The van der Waals surface area contributed by atoms with Crippen molar-refractivity contribution in [3.8, 4) is 0 Å². The molecule has 0 aliphatic carbocycles. The number of ether oxygens (including phenoxy) is 2. The summed E-state index contributed by atoms with van der Waals surface area (Å²) < 4.78 is 11.1. The lowest BCUT2D eigenvalue weighted by molar-refractivity contribution is -0.169. The molecule has 0 amide bonds. The Bertz CT molecular complexity index is 561. The van der Waals surface area contributed by atoms with Crippen molar-refractivity contribution < 1.29 is 23.9 Å². The van der Waals surface area contributed by atoms with E-state index in [2.05, 4.69) is 10.6 Å². The predicted octanol–water partition coefficient (Wildman–Crippen LogP) is 1.98. The average molecular weight is 397 g/mol. The molecule has 0 aromatic rings. The maximum absolute atomic E-state index is 12.2. The summed E-state index contributed by atoms with van der Waals surface area (Å²) in [5.74, 6) is -1.44. The lowest BCUT2D eigenvalue weighted by Crippen LogP contribution is -2.44. The second kappa shape index (κ2) is 9.83. The van der Waals surface area contributed by atoms with Gasteiger partial charge in [-0.2, -0.15) is 0 Å². The molecule has 7 heteroatoms. The molecule has 2 N–H and O–H groups in total. The van der Waals surface area contributed by atoms with Crippen LogP contribution in [0.25, 0.3) is 0 Å². The zero-order valence-corrected chi connectivity index (χ0v) is 17.8. The lowest BCUT2D eigenvalue weighted by Gasteiger charge is -2.37. The molecule has 2 heterocycles. The van der Waals surface area contributed by atoms with E-state index in [1.54, 1.807) is 0 Å². The third-order valence-corrected chi connectivity index (χ3v) is 6.16. The monoisotopic (exact) mass is 396 g/mol. The van der Waals surface area contributed by atoms with Crippen LogP contribution >= 0.6 is 0 Å². The number of esters is 2. The topological polar surface area (TPSA) is 93.7 Å². The molecule has 28 heavy (non-hydrogen) atoms. The van der Waals surface area contributed by atoms with Crippen molar-refractivity contribution >= 4 is 17.7 Å². The van der Waals surface area contributed by atoms with Crippen LogP contribution in [-0.2, 0) is 23.9 Å². The third-order valence-electron chi connectivity index (χ3n) is 6.16. The van der Waals surface area contributed by atoms with E-state index in [0.29, 0.717) is 5.92 Å². The predicted molar refractivity (Wildman–Crippen MR) is 106 cm³/mol. The van der Waals surface area contributed by atoms with Crippen LogP contribution in [0.5, 0.6) is 0 Å². The smallest absolute Gasteiger partial charge is 0.375 e. The SMILES string of the molecule is CC(C)(OC(=O)CCC(=O)C(=O)OC(C)(C)C1CCNCC1)C1CCNCC1. The fourth-order valence-electron chi connectivity index (χ4n) is 4.16. The summed E-state index contributed by atoms with van der Waals surface area (Å²) in [5, 5.41) is 6.57. The Labute approximate surface area is 168 Å². The molecule has 0 saturated carbocycles. The molecule has 0 unspecified atom stereocenters. The van der Waals surface area contributed by atoms with Crippen LogP contribution in [0.3, 0.4) is 0 Å². The van der Waals surface area contributed by atoms with Crippen molar-refractivity contribution in [2.45, 2.75) is 77.4 Å². The van der Waals surface area contributed by atoms with Crippen LogP contribution in [0, 0.1) is 11.8 Å². The Morgan fingerprint density at radius 3 is 1.64 bits per heavy atom. The van der Waals surface area contributed by atoms with E-state index in [0.717, 1.165) is 51.9 Å². The minimum Gasteiger partial charge on any atom is -0.459 e. The minimum absolute atomic E-state index is 0.101. The van der Waals surface area contributed by atoms with Crippen molar-refractivity contribution in [1.29, 1.82) is 0 Å². The number of nitrogens with one attached hydrogen (secondary N) is 2. The third kappa shape index (κ3) is 6.55. The molecule has 0 aromatic carbocycles. The van der Waals surface area contributed by atoms with Gasteiger partial charge in [0.25, 0.3) is 0 Å². The second-order valence-electron chi connectivity index (χ2n) is 9.04. The van der Waals surface area contributed by atoms with Gasteiger partial charge in [0.15, 0.2) is 0 Å². The zero-order valence-electron chi connectivity index (χ0n) is 17.8. The summed E-state index contributed by atoms with van der Waals surface area (Å²) in [4.78, 5) is 36.6. The Hall–Kier alpha value is -1.47. The lowest BCUT2D eigenvalue weighted by atomic mass is 9.83. The van der Waals surface area contributed by atoms with E-state index in [1.807, 2.05) is 27.7 Å². The number of rotatable bonds is 8. The molecule has 2 fully saturated rings. The Balaban J connectivity index is 1.77. The molecule has 0 radical (unpaired) electrons.